The van der Waals surface area contributed by atoms with Crippen molar-refractivity contribution >= 4 is 11.8 Å². The van der Waals surface area contributed by atoms with Gasteiger partial charge in [0.1, 0.15) is 11.3 Å². The Labute approximate surface area is 162 Å². The third-order valence-corrected chi connectivity index (χ3v) is 6.67. The molecule has 1 heterocycles. The molecule has 5 unspecified atom stereocenters. The van der Waals surface area contributed by atoms with Crippen LogP contribution in [-0.4, -0.2) is 22.5 Å². The summed E-state index contributed by atoms with van der Waals surface area (Å²) >= 11 is 0. The first-order chi connectivity index (χ1) is 12.7. The van der Waals surface area contributed by atoms with Gasteiger partial charge in [-0.15, -0.1) is 0 Å². The number of hydrogen-bond donors (Lipinski definition) is 1. The Morgan fingerprint density at radius 1 is 1.11 bits per heavy atom. The van der Waals surface area contributed by atoms with Gasteiger partial charge in [-0.2, -0.15) is 0 Å². The standard InChI is InChI=1S/C23H32O4/c1-13-7-6-8-18-11-15(3)17(5)12-23(18)21(25)19(22(26)27-23)20(24)16(4)10-14(2)9-13/h10-11,13-14,17-18,24H,6-9,12H2,1-5H3/b16-10+,20-19?. The molecule has 2 aliphatic carbocycles. The minimum atomic E-state index is -1.15. The van der Waals surface area contributed by atoms with Crippen LogP contribution in [0.2, 0.25) is 0 Å². The van der Waals surface area contributed by atoms with Crippen LogP contribution in [-0.2, 0) is 14.3 Å². The zero-order chi connectivity index (χ0) is 19.9. The maximum Gasteiger partial charge on any atom is 0.346 e. The number of carbonyl (C=O) groups excluding carboxylic acids is 2. The summed E-state index contributed by atoms with van der Waals surface area (Å²) in [6.45, 7) is 10.3. The number of carbonyl (C=O) groups is 2. The van der Waals surface area contributed by atoms with Crippen LogP contribution in [0, 0.1) is 23.7 Å². The first kappa shape index (κ1) is 19.9. The largest absolute Gasteiger partial charge is 0.507 e. The molecule has 27 heavy (non-hydrogen) atoms. The highest BCUT2D eigenvalue weighted by atomic mass is 16.6. The Hall–Kier alpha value is -1.84. The van der Waals surface area contributed by atoms with E-state index < -0.39 is 11.6 Å². The zero-order valence-electron chi connectivity index (χ0n) is 17.2. The number of allylic oxidation sites excluding steroid dienone is 3. The highest BCUT2D eigenvalue weighted by molar-refractivity contribution is 6.26. The maximum absolute atomic E-state index is 13.4. The Morgan fingerprint density at radius 2 is 1.81 bits per heavy atom. The Kier molecular flexibility index (Phi) is 5.38. The molecule has 1 N–H and O–H groups in total. The van der Waals surface area contributed by atoms with E-state index >= 15 is 0 Å². The van der Waals surface area contributed by atoms with Gasteiger partial charge in [0, 0.05) is 12.3 Å². The van der Waals surface area contributed by atoms with Crippen molar-refractivity contribution in [3.63, 3.8) is 0 Å². The molecule has 2 bridgehead atoms. The predicted octanol–water partition coefficient (Wildman–Crippen LogP) is 5.06. The van der Waals surface area contributed by atoms with Crippen molar-refractivity contribution in [3.8, 4) is 0 Å². The molecular formula is C23H32O4. The number of esters is 1. The van der Waals surface area contributed by atoms with Crippen LogP contribution >= 0.6 is 0 Å². The van der Waals surface area contributed by atoms with Crippen molar-refractivity contribution in [2.45, 2.75) is 72.3 Å². The first-order valence-corrected chi connectivity index (χ1v) is 10.2. The number of rotatable bonds is 0. The average molecular weight is 373 g/mol. The van der Waals surface area contributed by atoms with E-state index in [1.54, 1.807) is 6.92 Å². The third kappa shape index (κ3) is 3.51. The Morgan fingerprint density at radius 3 is 2.52 bits per heavy atom. The fourth-order valence-corrected chi connectivity index (χ4v) is 5.06. The fourth-order valence-electron chi connectivity index (χ4n) is 5.06. The number of fused-ring (bicyclic) bond motifs is 1. The molecule has 5 atom stereocenters. The van der Waals surface area contributed by atoms with Crippen LogP contribution in [0.25, 0.3) is 0 Å². The van der Waals surface area contributed by atoms with Gasteiger partial charge < -0.3 is 9.84 Å². The lowest BCUT2D eigenvalue weighted by Crippen LogP contribution is -2.47. The monoisotopic (exact) mass is 372 g/mol. The number of ketones is 1. The summed E-state index contributed by atoms with van der Waals surface area (Å²) in [7, 11) is 0. The summed E-state index contributed by atoms with van der Waals surface area (Å²) in [5.74, 6) is -0.325. The Bertz CT molecular complexity index is 741. The van der Waals surface area contributed by atoms with Crippen LogP contribution in [0.1, 0.15) is 66.7 Å². The molecule has 3 aliphatic rings. The number of ether oxygens (including phenoxy) is 1. The van der Waals surface area contributed by atoms with Gasteiger partial charge >= 0.3 is 5.97 Å². The second-order valence-electron chi connectivity index (χ2n) is 9.05. The Balaban J connectivity index is 2.12. The van der Waals surface area contributed by atoms with E-state index in [0.29, 0.717) is 17.9 Å². The summed E-state index contributed by atoms with van der Waals surface area (Å²) < 4.78 is 5.79. The highest BCUT2D eigenvalue weighted by Gasteiger charge is 2.59. The van der Waals surface area contributed by atoms with Crippen molar-refractivity contribution in [3.05, 3.63) is 34.6 Å². The molecule has 3 rings (SSSR count). The maximum atomic E-state index is 13.4. The molecule has 1 spiro atoms. The van der Waals surface area contributed by atoms with E-state index in [1.165, 1.54) is 5.57 Å². The van der Waals surface area contributed by atoms with Crippen molar-refractivity contribution in [2.24, 2.45) is 23.7 Å². The molecule has 1 aliphatic heterocycles. The molecule has 0 amide bonds. The lowest BCUT2D eigenvalue weighted by Gasteiger charge is -2.39. The van der Waals surface area contributed by atoms with Gasteiger partial charge in [-0.05, 0) is 50.0 Å². The molecule has 4 heteroatoms. The number of Topliss-reactive ketones (excluding diaryl/α,β-unsaturated/α-hetero) is 1. The van der Waals surface area contributed by atoms with Crippen molar-refractivity contribution < 1.29 is 19.4 Å². The van der Waals surface area contributed by atoms with Crippen molar-refractivity contribution in [1.82, 2.24) is 0 Å². The van der Waals surface area contributed by atoms with Crippen molar-refractivity contribution in [1.29, 1.82) is 0 Å². The molecule has 1 saturated heterocycles. The normalized spacial score (nSPS) is 40.0. The van der Waals surface area contributed by atoms with E-state index in [9.17, 15) is 14.7 Å². The highest BCUT2D eigenvalue weighted by Crippen LogP contribution is 2.47. The number of aliphatic hydroxyl groups excluding tert-OH is 1. The first-order valence-electron chi connectivity index (χ1n) is 10.2. The summed E-state index contributed by atoms with van der Waals surface area (Å²) in [6, 6.07) is 0. The van der Waals surface area contributed by atoms with E-state index in [4.69, 9.17) is 4.74 Å². The SMILES string of the molecule is CC1=CC2CCCC(C)CC(C)/C=C(\C)C(O)=C3C(=O)OC2(CC1C)C3=O. The number of aliphatic hydroxyl groups is 1. The van der Waals surface area contributed by atoms with Gasteiger partial charge in [-0.1, -0.05) is 51.3 Å². The zero-order valence-corrected chi connectivity index (χ0v) is 17.2. The molecular weight excluding hydrogens is 340 g/mol. The second kappa shape index (κ2) is 7.29. The molecule has 148 valence electrons. The van der Waals surface area contributed by atoms with E-state index in [-0.39, 0.29) is 34.9 Å². The van der Waals surface area contributed by atoms with Crippen LogP contribution in [0.3, 0.4) is 0 Å². The second-order valence-corrected chi connectivity index (χ2v) is 9.05. The lowest BCUT2D eigenvalue weighted by atomic mass is 9.68. The van der Waals surface area contributed by atoms with Gasteiger partial charge in [0.2, 0.25) is 5.78 Å². The van der Waals surface area contributed by atoms with Crippen LogP contribution in [0.15, 0.2) is 34.6 Å². The van der Waals surface area contributed by atoms with Gasteiger partial charge in [0.25, 0.3) is 0 Å². The summed E-state index contributed by atoms with van der Waals surface area (Å²) in [5, 5.41) is 10.7. The van der Waals surface area contributed by atoms with Gasteiger partial charge in [-0.25, -0.2) is 4.79 Å². The molecule has 0 aromatic rings. The lowest BCUT2D eigenvalue weighted by molar-refractivity contribution is -0.158. The van der Waals surface area contributed by atoms with E-state index in [0.717, 1.165) is 25.7 Å². The minimum Gasteiger partial charge on any atom is -0.507 e. The average Bonchev–Trinajstić information content (AvgIpc) is 2.81. The smallest absolute Gasteiger partial charge is 0.346 e. The van der Waals surface area contributed by atoms with E-state index in [1.807, 2.05) is 6.08 Å². The summed E-state index contributed by atoms with van der Waals surface area (Å²) in [5.41, 5.74) is 0.521. The molecule has 0 aromatic carbocycles. The predicted molar refractivity (Wildman–Crippen MR) is 105 cm³/mol. The fraction of sp³-hybridized carbons (Fsp3) is 0.652. The molecule has 4 nitrogen and oxygen atoms in total. The minimum absolute atomic E-state index is 0.120. The molecule has 1 fully saturated rings. The molecule has 0 aromatic heterocycles. The van der Waals surface area contributed by atoms with Crippen LogP contribution in [0.5, 0.6) is 0 Å². The van der Waals surface area contributed by atoms with Crippen LogP contribution in [0.4, 0.5) is 0 Å². The van der Waals surface area contributed by atoms with Gasteiger partial charge in [-0.3, -0.25) is 4.79 Å². The number of hydrogen-bond acceptors (Lipinski definition) is 4. The van der Waals surface area contributed by atoms with E-state index in [2.05, 4.69) is 33.8 Å². The topological polar surface area (TPSA) is 63.6 Å². The van der Waals surface area contributed by atoms with Gasteiger partial charge in [0.15, 0.2) is 5.60 Å². The van der Waals surface area contributed by atoms with Crippen molar-refractivity contribution in [2.75, 3.05) is 0 Å². The third-order valence-electron chi connectivity index (χ3n) is 6.67. The van der Waals surface area contributed by atoms with Gasteiger partial charge in [0.05, 0.1) is 0 Å². The summed E-state index contributed by atoms with van der Waals surface area (Å²) in [6.07, 6.45) is 8.53. The van der Waals surface area contributed by atoms with Crippen LogP contribution < -0.4 is 0 Å². The quantitative estimate of drug-likeness (QED) is 0.367. The summed E-state index contributed by atoms with van der Waals surface area (Å²) in [4.78, 5) is 26.1. The molecule has 0 radical (unpaired) electrons. The molecule has 0 saturated carbocycles.